The van der Waals surface area contributed by atoms with Crippen molar-refractivity contribution >= 4 is 11.9 Å². The minimum atomic E-state index is -0.924. The first-order valence-electron chi connectivity index (χ1n) is 8.97. The molecule has 1 fully saturated rings. The summed E-state index contributed by atoms with van der Waals surface area (Å²) >= 11 is 0. The number of carbonyl (C=O) groups is 2. The predicted molar refractivity (Wildman–Crippen MR) is 102 cm³/mol. The van der Waals surface area contributed by atoms with E-state index in [1.807, 2.05) is 38.1 Å². The van der Waals surface area contributed by atoms with E-state index in [0.717, 1.165) is 16.8 Å². The molecule has 27 heavy (non-hydrogen) atoms. The van der Waals surface area contributed by atoms with Crippen molar-refractivity contribution in [1.82, 2.24) is 9.47 Å². The number of hydrogen-bond donors (Lipinski definition) is 1. The van der Waals surface area contributed by atoms with Gasteiger partial charge in [0, 0.05) is 31.7 Å². The average molecular weight is 368 g/mol. The molecule has 0 radical (unpaired) electrons. The summed E-state index contributed by atoms with van der Waals surface area (Å²) in [5.74, 6) is -2.30. The highest BCUT2D eigenvalue weighted by Crippen LogP contribution is 2.35. The second-order valence-electron chi connectivity index (χ2n) is 7.33. The van der Waals surface area contributed by atoms with Crippen molar-refractivity contribution in [2.75, 3.05) is 13.1 Å². The molecular weight excluding hydrogens is 344 g/mol. The summed E-state index contributed by atoms with van der Waals surface area (Å²) in [5, 5.41) is 9.69. The molecule has 1 aliphatic heterocycles. The van der Waals surface area contributed by atoms with Crippen LogP contribution < -0.4 is 5.56 Å². The lowest BCUT2D eigenvalue weighted by atomic mass is 9.86. The zero-order valence-corrected chi connectivity index (χ0v) is 16.0. The lowest BCUT2D eigenvalue weighted by molar-refractivity contribution is -0.141. The van der Waals surface area contributed by atoms with Gasteiger partial charge in [-0.3, -0.25) is 14.4 Å². The number of carboxylic acids is 1. The maximum Gasteiger partial charge on any atom is 0.308 e. The van der Waals surface area contributed by atoms with E-state index < -0.39 is 17.8 Å². The summed E-state index contributed by atoms with van der Waals surface area (Å²) in [6, 6.07) is 9.45. The first-order chi connectivity index (χ1) is 12.7. The van der Waals surface area contributed by atoms with Gasteiger partial charge in [-0.15, -0.1) is 0 Å². The van der Waals surface area contributed by atoms with Crippen LogP contribution in [0.2, 0.25) is 0 Å². The number of benzene rings is 1. The van der Waals surface area contributed by atoms with Crippen LogP contribution in [0.3, 0.4) is 0 Å². The fourth-order valence-electron chi connectivity index (χ4n) is 3.93. The summed E-state index contributed by atoms with van der Waals surface area (Å²) in [6.07, 6.45) is 0. The van der Waals surface area contributed by atoms with Gasteiger partial charge in [0.1, 0.15) is 5.56 Å². The van der Waals surface area contributed by atoms with Crippen LogP contribution in [-0.2, 0) is 11.8 Å². The Labute approximate surface area is 158 Å². The van der Waals surface area contributed by atoms with Crippen LogP contribution in [-0.4, -0.2) is 39.5 Å². The van der Waals surface area contributed by atoms with Crippen LogP contribution in [0.1, 0.15) is 38.7 Å². The van der Waals surface area contributed by atoms with Gasteiger partial charge >= 0.3 is 5.97 Å². The van der Waals surface area contributed by atoms with Crippen LogP contribution in [0.15, 0.2) is 35.1 Å². The van der Waals surface area contributed by atoms with Crippen LogP contribution in [0, 0.1) is 26.7 Å². The fourth-order valence-corrected chi connectivity index (χ4v) is 3.93. The molecule has 0 bridgehead atoms. The Morgan fingerprint density at radius 2 is 1.74 bits per heavy atom. The van der Waals surface area contributed by atoms with Crippen LogP contribution in [0.5, 0.6) is 0 Å². The molecule has 1 N–H and O–H groups in total. The maximum atomic E-state index is 13.1. The summed E-state index contributed by atoms with van der Waals surface area (Å²) in [7, 11) is 1.63. The largest absolute Gasteiger partial charge is 0.481 e. The topological polar surface area (TPSA) is 79.6 Å². The second-order valence-corrected chi connectivity index (χ2v) is 7.33. The third-order valence-electron chi connectivity index (χ3n) is 5.59. The summed E-state index contributed by atoms with van der Waals surface area (Å²) in [5.41, 5.74) is 3.11. The van der Waals surface area contributed by atoms with E-state index in [0.29, 0.717) is 5.56 Å². The van der Waals surface area contributed by atoms with Gasteiger partial charge in [0.05, 0.1) is 5.92 Å². The van der Waals surface area contributed by atoms with Gasteiger partial charge in [-0.05, 0) is 43.5 Å². The highest BCUT2D eigenvalue weighted by molar-refractivity contribution is 5.96. The number of pyridine rings is 1. The number of aromatic nitrogens is 1. The third-order valence-corrected chi connectivity index (χ3v) is 5.59. The first-order valence-corrected chi connectivity index (χ1v) is 8.97. The molecule has 2 heterocycles. The smallest absolute Gasteiger partial charge is 0.308 e. The van der Waals surface area contributed by atoms with E-state index in [-0.39, 0.29) is 30.1 Å². The number of aryl methyl sites for hydroxylation is 3. The molecular formula is C21H24N2O4. The van der Waals surface area contributed by atoms with Crippen molar-refractivity contribution in [2.45, 2.75) is 26.7 Å². The van der Waals surface area contributed by atoms with E-state index in [2.05, 4.69) is 0 Å². The molecule has 1 amide bonds. The molecule has 0 spiro atoms. The third kappa shape index (κ3) is 3.27. The van der Waals surface area contributed by atoms with Crippen molar-refractivity contribution in [3.8, 4) is 0 Å². The SMILES string of the molecule is Cc1ccccc1[C@@H]1CN(C(=O)c2c(C)cc(C)n(C)c2=O)C[C@H]1C(=O)O. The number of carboxylic acid groups (broad SMARTS) is 1. The normalized spacial score (nSPS) is 19.3. The van der Waals surface area contributed by atoms with Gasteiger partial charge in [-0.2, -0.15) is 0 Å². The summed E-state index contributed by atoms with van der Waals surface area (Å²) in [4.78, 5) is 39.1. The Bertz CT molecular complexity index is 977. The Kier molecular flexibility index (Phi) is 4.91. The number of likely N-dealkylation sites (tertiary alicyclic amines) is 1. The van der Waals surface area contributed by atoms with Gasteiger partial charge in [0.2, 0.25) is 0 Å². The Hall–Kier alpha value is -2.89. The van der Waals surface area contributed by atoms with Crippen LogP contribution in [0.4, 0.5) is 0 Å². The molecule has 1 aromatic heterocycles. The lowest BCUT2D eigenvalue weighted by Crippen LogP contribution is -2.37. The summed E-state index contributed by atoms with van der Waals surface area (Å²) < 4.78 is 1.45. The van der Waals surface area contributed by atoms with Gasteiger partial charge in [0.25, 0.3) is 11.5 Å². The molecule has 0 unspecified atom stereocenters. The number of carbonyl (C=O) groups excluding carboxylic acids is 1. The predicted octanol–water partition coefficient (Wildman–Crippen LogP) is 2.25. The van der Waals surface area contributed by atoms with E-state index in [1.165, 1.54) is 9.47 Å². The van der Waals surface area contributed by atoms with Crippen molar-refractivity contribution < 1.29 is 14.7 Å². The highest BCUT2D eigenvalue weighted by Gasteiger charge is 2.41. The molecule has 6 nitrogen and oxygen atoms in total. The van der Waals surface area contributed by atoms with Crippen LogP contribution in [0.25, 0.3) is 0 Å². The average Bonchev–Trinajstić information content (AvgIpc) is 3.05. The van der Waals surface area contributed by atoms with Crippen LogP contribution >= 0.6 is 0 Å². The molecule has 142 valence electrons. The van der Waals surface area contributed by atoms with Crippen molar-refractivity contribution in [3.63, 3.8) is 0 Å². The number of rotatable bonds is 3. The van der Waals surface area contributed by atoms with E-state index in [9.17, 15) is 19.5 Å². The quantitative estimate of drug-likeness (QED) is 0.901. The van der Waals surface area contributed by atoms with Gasteiger partial charge in [-0.1, -0.05) is 24.3 Å². The molecule has 1 aliphatic rings. The van der Waals surface area contributed by atoms with E-state index in [1.54, 1.807) is 20.0 Å². The van der Waals surface area contributed by atoms with Gasteiger partial charge in [-0.25, -0.2) is 0 Å². The molecule has 0 saturated carbocycles. The van der Waals surface area contributed by atoms with Crippen molar-refractivity contribution in [1.29, 1.82) is 0 Å². The fraction of sp³-hybridized carbons (Fsp3) is 0.381. The standard InChI is InChI=1S/C21H24N2O4/c1-12-7-5-6-8-15(12)16-10-23(11-17(16)21(26)27)20(25)18-13(2)9-14(3)22(4)19(18)24/h5-9,16-17H,10-11H2,1-4H3,(H,26,27)/t16-,17+/m0/s1. The van der Waals surface area contributed by atoms with Gasteiger partial charge in [0.15, 0.2) is 0 Å². The maximum absolute atomic E-state index is 13.1. The van der Waals surface area contributed by atoms with E-state index >= 15 is 0 Å². The molecule has 6 heteroatoms. The Balaban J connectivity index is 1.99. The Morgan fingerprint density at radius 3 is 2.37 bits per heavy atom. The molecule has 2 aromatic rings. The van der Waals surface area contributed by atoms with Gasteiger partial charge < -0.3 is 14.6 Å². The molecule has 2 atom stereocenters. The number of nitrogens with zero attached hydrogens (tertiary/aromatic N) is 2. The zero-order chi connectivity index (χ0) is 19.9. The first kappa shape index (κ1) is 18.9. The molecule has 3 rings (SSSR count). The molecule has 0 aliphatic carbocycles. The number of amides is 1. The lowest BCUT2D eigenvalue weighted by Gasteiger charge is -2.19. The number of hydrogen-bond acceptors (Lipinski definition) is 3. The minimum absolute atomic E-state index is 0.101. The number of aliphatic carboxylic acids is 1. The highest BCUT2D eigenvalue weighted by atomic mass is 16.4. The second kappa shape index (κ2) is 7.02. The van der Waals surface area contributed by atoms with Crippen molar-refractivity contribution in [2.24, 2.45) is 13.0 Å². The molecule has 1 saturated heterocycles. The molecule has 1 aromatic carbocycles. The summed E-state index contributed by atoms with van der Waals surface area (Å²) in [6.45, 7) is 5.89. The monoisotopic (exact) mass is 368 g/mol. The Morgan fingerprint density at radius 1 is 1.07 bits per heavy atom. The zero-order valence-electron chi connectivity index (χ0n) is 16.0. The van der Waals surface area contributed by atoms with E-state index in [4.69, 9.17) is 0 Å². The van der Waals surface area contributed by atoms with Crippen molar-refractivity contribution in [3.05, 3.63) is 68.6 Å². The minimum Gasteiger partial charge on any atom is -0.481 e.